The highest BCUT2D eigenvalue weighted by atomic mass is 16.6. The molecule has 2 aromatic carbocycles. The summed E-state index contributed by atoms with van der Waals surface area (Å²) in [7, 11) is 0. The minimum atomic E-state index is -0.468. The van der Waals surface area contributed by atoms with Gasteiger partial charge in [-0.05, 0) is 52.3 Å². The number of nitro benzene ring substituents is 1. The Bertz CT molecular complexity index is 932. The second kappa shape index (κ2) is 7.47. The topological polar surface area (TPSA) is 87.2 Å². The van der Waals surface area contributed by atoms with Crippen molar-refractivity contribution in [2.45, 2.75) is 52.4 Å². The van der Waals surface area contributed by atoms with Gasteiger partial charge in [-0.15, -0.1) is 0 Å². The molecule has 1 N–H and O–H groups in total. The number of rotatable bonds is 3. The number of non-ortho nitro benzene ring substituents is 1. The van der Waals surface area contributed by atoms with Crippen molar-refractivity contribution in [3.8, 4) is 11.8 Å². The van der Waals surface area contributed by atoms with Crippen LogP contribution in [-0.2, 0) is 10.8 Å². The van der Waals surface area contributed by atoms with Crippen molar-refractivity contribution < 1.29 is 10.0 Å². The molecule has 0 aromatic heterocycles. The number of allylic oxidation sites excluding steroid dienone is 1. The van der Waals surface area contributed by atoms with Crippen LogP contribution in [0.4, 0.5) is 5.69 Å². The summed E-state index contributed by atoms with van der Waals surface area (Å²) in [6.45, 7) is 12.2. The molecule has 0 atom stereocenters. The molecule has 2 aromatic rings. The average Bonchev–Trinajstić information content (AvgIpc) is 2.58. The smallest absolute Gasteiger partial charge is 0.269 e. The molecule has 0 aliphatic heterocycles. The summed E-state index contributed by atoms with van der Waals surface area (Å²) < 4.78 is 0. The van der Waals surface area contributed by atoms with E-state index in [0.717, 1.165) is 16.7 Å². The molecule has 0 fully saturated rings. The molecular weight excluding hydrogens is 352 g/mol. The minimum Gasteiger partial charge on any atom is -0.507 e. The fourth-order valence-corrected chi connectivity index (χ4v) is 2.99. The van der Waals surface area contributed by atoms with Gasteiger partial charge in [0.25, 0.3) is 5.69 Å². The summed E-state index contributed by atoms with van der Waals surface area (Å²) in [5.74, 6) is 0.283. The Kier molecular flexibility index (Phi) is 5.65. The van der Waals surface area contributed by atoms with E-state index >= 15 is 0 Å². The Morgan fingerprint density at radius 3 is 1.86 bits per heavy atom. The highest BCUT2D eigenvalue weighted by Crippen LogP contribution is 2.40. The molecule has 28 heavy (non-hydrogen) atoms. The predicted molar refractivity (Wildman–Crippen MR) is 112 cm³/mol. The number of nitriles is 1. The number of hydrogen-bond acceptors (Lipinski definition) is 4. The highest BCUT2D eigenvalue weighted by molar-refractivity contribution is 5.90. The maximum atomic E-state index is 10.8. The number of phenols is 1. The van der Waals surface area contributed by atoms with Crippen molar-refractivity contribution >= 4 is 17.3 Å². The van der Waals surface area contributed by atoms with Gasteiger partial charge in [0.1, 0.15) is 5.75 Å². The van der Waals surface area contributed by atoms with E-state index in [9.17, 15) is 20.5 Å². The molecule has 0 aliphatic rings. The number of benzene rings is 2. The first-order valence-electron chi connectivity index (χ1n) is 9.09. The fraction of sp³-hybridized carbons (Fsp3) is 0.348. The van der Waals surface area contributed by atoms with Gasteiger partial charge in [0.15, 0.2) is 0 Å². The van der Waals surface area contributed by atoms with E-state index in [-0.39, 0.29) is 22.3 Å². The lowest BCUT2D eigenvalue weighted by atomic mass is 9.78. The Hall–Kier alpha value is -3.13. The van der Waals surface area contributed by atoms with Crippen LogP contribution in [0, 0.1) is 21.4 Å². The SMILES string of the molecule is CC(C)(C)c1cc(/C=C(/C#N)c2ccc([N+](=O)[O-])cc2)cc(C(C)(C)C)c1O. The Balaban J connectivity index is 2.65. The Morgan fingerprint density at radius 1 is 1.04 bits per heavy atom. The van der Waals surface area contributed by atoms with E-state index < -0.39 is 4.92 Å². The quantitative estimate of drug-likeness (QED) is 0.309. The summed E-state index contributed by atoms with van der Waals surface area (Å²) in [4.78, 5) is 10.4. The number of hydrogen-bond donors (Lipinski definition) is 1. The Morgan fingerprint density at radius 2 is 1.50 bits per heavy atom. The molecule has 0 saturated carbocycles. The van der Waals surface area contributed by atoms with Crippen LogP contribution < -0.4 is 0 Å². The van der Waals surface area contributed by atoms with Crippen molar-refractivity contribution in [2.24, 2.45) is 0 Å². The van der Waals surface area contributed by atoms with Crippen molar-refractivity contribution in [1.29, 1.82) is 5.26 Å². The third kappa shape index (κ3) is 4.58. The first kappa shape index (κ1) is 21.2. The van der Waals surface area contributed by atoms with Crippen LogP contribution in [-0.4, -0.2) is 10.0 Å². The molecule has 0 radical (unpaired) electrons. The lowest BCUT2D eigenvalue weighted by Gasteiger charge is -2.28. The summed E-state index contributed by atoms with van der Waals surface area (Å²) in [6.07, 6.45) is 1.76. The molecule has 146 valence electrons. The molecule has 0 bridgehead atoms. The largest absolute Gasteiger partial charge is 0.507 e. The first-order chi connectivity index (χ1) is 12.8. The molecule has 0 spiro atoms. The zero-order valence-electron chi connectivity index (χ0n) is 17.2. The van der Waals surface area contributed by atoms with Gasteiger partial charge in [-0.3, -0.25) is 10.1 Å². The van der Waals surface area contributed by atoms with Crippen LogP contribution in [0.5, 0.6) is 5.75 Å². The van der Waals surface area contributed by atoms with Crippen LogP contribution in [0.15, 0.2) is 36.4 Å². The van der Waals surface area contributed by atoms with Gasteiger partial charge in [0, 0.05) is 23.3 Å². The standard InChI is InChI=1S/C23H26N2O3/c1-22(2,3)19-12-15(13-20(21(19)26)23(4,5)6)11-17(14-24)16-7-9-18(10-8-16)25(27)28/h7-13,26H,1-6H3/b17-11-. The van der Waals surface area contributed by atoms with Crippen LogP contribution in [0.1, 0.15) is 63.8 Å². The number of aromatic hydroxyl groups is 1. The fourth-order valence-electron chi connectivity index (χ4n) is 2.99. The summed E-state index contributed by atoms with van der Waals surface area (Å²) in [6, 6.07) is 11.9. The van der Waals surface area contributed by atoms with Gasteiger partial charge in [-0.1, -0.05) is 41.5 Å². The predicted octanol–water partition coefficient (Wildman–Crippen LogP) is 5.96. The molecule has 0 heterocycles. The third-order valence-electron chi connectivity index (χ3n) is 4.57. The molecule has 0 unspecified atom stereocenters. The van der Waals surface area contributed by atoms with Gasteiger partial charge in [0.2, 0.25) is 0 Å². The lowest BCUT2D eigenvalue weighted by molar-refractivity contribution is -0.384. The second-order valence-corrected chi connectivity index (χ2v) is 8.94. The number of phenolic OH excluding ortho intramolecular Hbond substituents is 1. The van der Waals surface area contributed by atoms with Gasteiger partial charge in [0.05, 0.1) is 16.6 Å². The average molecular weight is 378 g/mol. The van der Waals surface area contributed by atoms with Crippen molar-refractivity contribution in [1.82, 2.24) is 0 Å². The van der Waals surface area contributed by atoms with Gasteiger partial charge >= 0.3 is 0 Å². The molecule has 0 aliphatic carbocycles. The van der Waals surface area contributed by atoms with Gasteiger partial charge < -0.3 is 5.11 Å². The van der Waals surface area contributed by atoms with E-state index in [2.05, 4.69) is 6.07 Å². The highest BCUT2D eigenvalue weighted by Gasteiger charge is 2.26. The normalized spacial score (nSPS) is 12.5. The lowest BCUT2D eigenvalue weighted by Crippen LogP contribution is -2.17. The van der Waals surface area contributed by atoms with E-state index in [1.165, 1.54) is 12.1 Å². The van der Waals surface area contributed by atoms with E-state index in [1.54, 1.807) is 18.2 Å². The number of nitrogens with zero attached hydrogens (tertiary/aromatic N) is 2. The van der Waals surface area contributed by atoms with Crippen molar-refractivity contribution in [3.63, 3.8) is 0 Å². The summed E-state index contributed by atoms with van der Waals surface area (Å²) in [5, 5.41) is 31.3. The van der Waals surface area contributed by atoms with Crippen LogP contribution in [0.2, 0.25) is 0 Å². The number of nitro groups is 1. The molecule has 2 rings (SSSR count). The van der Waals surface area contributed by atoms with Gasteiger partial charge in [-0.25, -0.2) is 0 Å². The third-order valence-corrected chi connectivity index (χ3v) is 4.57. The molecule has 0 saturated heterocycles. The second-order valence-electron chi connectivity index (χ2n) is 8.94. The maximum Gasteiger partial charge on any atom is 0.269 e. The summed E-state index contributed by atoms with van der Waals surface area (Å²) in [5.41, 5.74) is 2.89. The van der Waals surface area contributed by atoms with E-state index in [4.69, 9.17) is 0 Å². The Labute approximate surface area is 166 Å². The van der Waals surface area contributed by atoms with E-state index in [0.29, 0.717) is 11.1 Å². The molecule has 5 heteroatoms. The molecular formula is C23H26N2O3. The molecule has 5 nitrogen and oxygen atoms in total. The minimum absolute atomic E-state index is 0.0179. The first-order valence-corrected chi connectivity index (χ1v) is 9.09. The maximum absolute atomic E-state index is 10.8. The zero-order valence-corrected chi connectivity index (χ0v) is 17.2. The van der Waals surface area contributed by atoms with Crippen LogP contribution >= 0.6 is 0 Å². The van der Waals surface area contributed by atoms with Crippen LogP contribution in [0.25, 0.3) is 11.6 Å². The zero-order chi connectivity index (χ0) is 21.3. The van der Waals surface area contributed by atoms with E-state index in [1.807, 2.05) is 53.7 Å². The monoisotopic (exact) mass is 378 g/mol. The van der Waals surface area contributed by atoms with Gasteiger partial charge in [-0.2, -0.15) is 5.26 Å². The van der Waals surface area contributed by atoms with Crippen LogP contribution in [0.3, 0.4) is 0 Å². The van der Waals surface area contributed by atoms with Crippen molar-refractivity contribution in [3.05, 3.63) is 68.8 Å². The molecule has 0 amide bonds. The van der Waals surface area contributed by atoms with Crippen molar-refractivity contribution in [2.75, 3.05) is 0 Å². The summed E-state index contributed by atoms with van der Waals surface area (Å²) >= 11 is 0.